The van der Waals surface area contributed by atoms with Gasteiger partial charge in [-0.05, 0) is 12.0 Å². The number of benzene rings is 1. The maximum Gasteiger partial charge on any atom is 0.233 e. The minimum atomic E-state index is -3.12. The number of hydrogen-bond donors (Lipinski definition) is 2. The van der Waals surface area contributed by atoms with Crippen molar-refractivity contribution in [3.8, 4) is 0 Å². The lowest BCUT2D eigenvalue weighted by atomic mass is 10.2. The van der Waals surface area contributed by atoms with E-state index in [9.17, 15) is 13.2 Å². The molecule has 1 rings (SSSR count). The Bertz CT molecular complexity index is 477. The molecule has 0 bridgehead atoms. The predicted octanol–water partition coefficient (Wildman–Crippen LogP) is 0.488. The fourth-order valence-corrected chi connectivity index (χ4v) is 2.92. The molecular weight excluding hydrogens is 288 g/mol. The topological polar surface area (TPSA) is 89.3 Å². The summed E-state index contributed by atoms with van der Waals surface area (Å²) in [5, 5.41) is 2.54. The van der Waals surface area contributed by atoms with Crippen molar-refractivity contribution in [3.63, 3.8) is 0 Å². The fourth-order valence-electron chi connectivity index (χ4n) is 1.49. The standard InChI is InChI=1S/C12H18N2O3S.ClH/c13-9-12(15)14-7-4-8-18(16,17)10-11-5-2-1-3-6-11;/h1-3,5-6H,4,7-10,13H2,(H,14,15);1H. The van der Waals surface area contributed by atoms with Crippen molar-refractivity contribution >= 4 is 28.2 Å². The third-order valence-corrected chi connectivity index (χ3v) is 4.05. The Kier molecular flexibility index (Phi) is 8.38. The molecule has 5 nitrogen and oxygen atoms in total. The highest BCUT2D eigenvalue weighted by Gasteiger charge is 2.11. The van der Waals surface area contributed by atoms with Crippen LogP contribution in [-0.2, 0) is 20.4 Å². The molecule has 0 fully saturated rings. The van der Waals surface area contributed by atoms with Crippen LogP contribution in [-0.4, -0.2) is 33.2 Å². The minimum absolute atomic E-state index is 0. The van der Waals surface area contributed by atoms with E-state index in [0.717, 1.165) is 5.56 Å². The number of nitrogens with two attached hydrogens (primary N) is 1. The third-order valence-electron chi connectivity index (χ3n) is 2.37. The molecule has 108 valence electrons. The first-order valence-electron chi connectivity index (χ1n) is 5.74. The highest BCUT2D eigenvalue weighted by atomic mass is 35.5. The molecule has 7 heteroatoms. The van der Waals surface area contributed by atoms with Crippen LogP contribution in [0, 0.1) is 0 Å². The number of carbonyl (C=O) groups is 1. The third kappa shape index (κ3) is 7.81. The van der Waals surface area contributed by atoms with E-state index in [2.05, 4.69) is 5.32 Å². The Morgan fingerprint density at radius 1 is 1.21 bits per heavy atom. The average Bonchev–Trinajstić information content (AvgIpc) is 2.35. The number of hydrogen-bond acceptors (Lipinski definition) is 4. The molecule has 0 atom stereocenters. The van der Waals surface area contributed by atoms with Gasteiger partial charge < -0.3 is 11.1 Å². The summed E-state index contributed by atoms with van der Waals surface area (Å²) < 4.78 is 23.6. The van der Waals surface area contributed by atoms with E-state index < -0.39 is 9.84 Å². The Morgan fingerprint density at radius 3 is 2.42 bits per heavy atom. The highest BCUT2D eigenvalue weighted by Crippen LogP contribution is 2.06. The van der Waals surface area contributed by atoms with Gasteiger partial charge >= 0.3 is 0 Å². The van der Waals surface area contributed by atoms with Crippen molar-refractivity contribution in [2.75, 3.05) is 18.8 Å². The number of carbonyl (C=O) groups excluding carboxylic acids is 1. The van der Waals surface area contributed by atoms with Crippen LogP contribution >= 0.6 is 12.4 Å². The van der Waals surface area contributed by atoms with Crippen LogP contribution in [0.3, 0.4) is 0 Å². The van der Waals surface area contributed by atoms with Crippen molar-refractivity contribution in [2.24, 2.45) is 5.73 Å². The largest absolute Gasteiger partial charge is 0.355 e. The lowest BCUT2D eigenvalue weighted by Crippen LogP contribution is -2.31. The van der Waals surface area contributed by atoms with E-state index in [1.54, 1.807) is 12.1 Å². The summed E-state index contributed by atoms with van der Waals surface area (Å²) in [5.41, 5.74) is 5.89. The smallest absolute Gasteiger partial charge is 0.233 e. The first kappa shape index (κ1) is 17.9. The first-order valence-corrected chi connectivity index (χ1v) is 7.57. The zero-order valence-corrected chi connectivity index (χ0v) is 12.2. The van der Waals surface area contributed by atoms with Gasteiger partial charge in [-0.2, -0.15) is 0 Å². The highest BCUT2D eigenvalue weighted by molar-refractivity contribution is 7.90. The lowest BCUT2D eigenvalue weighted by molar-refractivity contribution is -0.119. The SMILES string of the molecule is Cl.NCC(=O)NCCCS(=O)(=O)Cc1ccccc1. The molecule has 0 aliphatic heterocycles. The Balaban J connectivity index is 0.00000324. The molecule has 0 radical (unpaired) electrons. The summed E-state index contributed by atoms with van der Waals surface area (Å²) in [6, 6.07) is 9.04. The van der Waals surface area contributed by atoms with Gasteiger partial charge in [-0.3, -0.25) is 4.79 Å². The number of rotatable bonds is 7. The van der Waals surface area contributed by atoms with E-state index in [4.69, 9.17) is 5.73 Å². The molecule has 0 saturated heterocycles. The van der Waals surface area contributed by atoms with Crippen molar-refractivity contribution in [1.82, 2.24) is 5.32 Å². The molecule has 0 saturated carbocycles. The molecule has 3 N–H and O–H groups in total. The molecule has 1 amide bonds. The van der Waals surface area contributed by atoms with Gasteiger partial charge in [-0.1, -0.05) is 30.3 Å². The van der Waals surface area contributed by atoms with E-state index in [0.29, 0.717) is 13.0 Å². The molecule has 0 spiro atoms. The summed E-state index contributed by atoms with van der Waals surface area (Å²) in [5.74, 6) is -0.165. The van der Waals surface area contributed by atoms with Crippen LogP contribution in [0.4, 0.5) is 0 Å². The van der Waals surface area contributed by atoms with Gasteiger partial charge in [0.25, 0.3) is 0 Å². The molecule has 0 unspecified atom stereocenters. The minimum Gasteiger partial charge on any atom is -0.355 e. The summed E-state index contributed by atoms with van der Waals surface area (Å²) >= 11 is 0. The van der Waals surface area contributed by atoms with Crippen molar-refractivity contribution in [3.05, 3.63) is 35.9 Å². The van der Waals surface area contributed by atoms with Crippen LogP contribution in [0.15, 0.2) is 30.3 Å². The van der Waals surface area contributed by atoms with Gasteiger partial charge in [0, 0.05) is 6.54 Å². The molecule has 1 aromatic carbocycles. The van der Waals surface area contributed by atoms with Gasteiger partial charge in [-0.15, -0.1) is 12.4 Å². The van der Waals surface area contributed by atoms with E-state index >= 15 is 0 Å². The second kappa shape index (κ2) is 8.90. The Hall–Kier alpha value is -1.11. The van der Waals surface area contributed by atoms with Gasteiger partial charge in [0.05, 0.1) is 18.1 Å². The van der Waals surface area contributed by atoms with Crippen molar-refractivity contribution in [2.45, 2.75) is 12.2 Å². The number of sulfone groups is 1. The Labute approximate surface area is 119 Å². The Morgan fingerprint density at radius 2 is 1.84 bits per heavy atom. The average molecular weight is 307 g/mol. The van der Waals surface area contributed by atoms with Gasteiger partial charge in [-0.25, -0.2) is 8.42 Å². The maximum absolute atomic E-state index is 11.8. The lowest BCUT2D eigenvalue weighted by Gasteiger charge is -2.05. The molecule has 0 heterocycles. The molecule has 0 aromatic heterocycles. The zero-order valence-electron chi connectivity index (χ0n) is 10.5. The maximum atomic E-state index is 11.8. The molecule has 0 aliphatic carbocycles. The van der Waals surface area contributed by atoms with E-state index in [1.165, 1.54) is 0 Å². The number of amides is 1. The summed E-state index contributed by atoms with van der Waals surface area (Å²) in [7, 11) is -3.12. The van der Waals surface area contributed by atoms with Crippen molar-refractivity contribution in [1.29, 1.82) is 0 Å². The molecule has 0 aliphatic rings. The van der Waals surface area contributed by atoms with E-state index in [1.807, 2.05) is 18.2 Å². The first-order chi connectivity index (χ1) is 8.53. The van der Waals surface area contributed by atoms with E-state index in [-0.39, 0.29) is 36.4 Å². The molecule has 19 heavy (non-hydrogen) atoms. The van der Waals surface area contributed by atoms with Crippen LogP contribution in [0.2, 0.25) is 0 Å². The molecule has 1 aromatic rings. The fraction of sp³-hybridized carbons (Fsp3) is 0.417. The summed E-state index contributed by atoms with van der Waals surface area (Å²) in [6.07, 6.45) is 0.404. The summed E-state index contributed by atoms with van der Waals surface area (Å²) in [6.45, 7) is 0.265. The van der Waals surface area contributed by atoms with Crippen LogP contribution in [0.5, 0.6) is 0 Å². The summed E-state index contributed by atoms with van der Waals surface area (Å²) in [4.78, 5) is 10.8. The van der Waals surface area contributed by atoms with Gasteiger partial charge in [0.15, 0.2) is 9.84 Å². The zero-order chi connectivity index (χ0) is 13.4. The van der Waals surface area contributed by atoms with Crippen LogP contribution in [0.1, 0.15) is 12.0 Å². The van der Waals surface area contributed by atoms with Gasteiger partial charge in [0.2, 0.25) is 5.91 Å². The number of halogens is 1. The second-order valence-corrected chi connectivity index (χ2v) is 6.17. The van der Waals surface area contributed by atoms with Crippen LogP contribution in [0.25, 0.3) is 0 Å². The van der Waals surface area contributed by atoms with Crippen molar-refractivity contribution < 1.29 is 13.2 Å². The van der Waals surface area contributed by atoms with Gasteiger partial charge in [0.1, 0.15) is 0 Å². The normalized spacial score (nSPS) is 10.6. The van der Waals surface area contributed by atoms with Crippen LogP contribution < -0.4 is 11.1 Å². The predicted molar refractivity (Wildman–Crippen MR) is 77.9 cm³/mol. The second-order valence-electron chi connectivity index (χ2n) is 3.99. The monoisotopic (exact) mass is 306 g/mol. The number of nitrogens with one attached hydrogen (secondary N) is 1. The quantitative estimate of drug-likeness (QED) is 0.717. The molecular formula is C12H19ClN2O3S.